The molecule has 2 bridgehead atoms. The number of aromatic nitrogens is 2. The van der Waals surface area contributed by atoms with Crippen LogP contribution in [-0.4, -0.2) is 38.6 Å². The van der Waals surface area contributed by atoms with Crippen LogP contribution in [0.3, 0.4) is 0 Å². The number of nitrogens with one attached hydrogen (secondary N) is 1. The van der Waals surface area contributed by atoms with Gasteiger partial charge in [0.2, 0.25) is 5.91 Å². The van der Waals surface area contributed by atoms with Crippen LogP contribution in [0.25, 0.3) is 11.0 Å². The zero-order chi connectivity index (χ0) is 14.4. The number of carbonyl (C=O) groups excluding carboxylic acids is 2. The van der Waals surface area contributed by atoms with Crippen molar-refractivity contribution in [2.24, 2.45) is 0 Å². The van der Waals surface area contributed by atoms with E-state index in [0.717, 1.165) is 29.4 Å². The molecule has 2 aromatic rings. The number of Topliss-reactive ketones (excluding diaryl/α,β-unsaturated/α-hetero) is 1. The molecule has 2 aliphatic heterocycles. The minimum absolute atomic E-state index is 0.132. The summed E-state index contributed by atoms with van der Waals surface area (Å²) in [7, 11) is 0. The van der Waals surface area contributed by atoms with Gasteiger partial charge >= 0.3 is 0 Å². The van der Waals surface area contributed by atoms with Gasteiger partial charge in [-0.05, 0) is 30.5 Å². The van der Waals surface area contributed by atoms with Crippen LogP contribution in [0.5, 0.6) is 0 Å². The molecule has 4 rings (SSSR count). The van der Waals surface area contributed by atoms with E-state index in [-0.39, 0.29) is 18.0 Å². The molecule has 108 valence electrons. The van der Waals surface area contributed by atoms with E-state index in [1.807, 2.05) is 23.2 Å². The van der Waals surface area contributed by atoms with E-state index in [9.17, 15) is 9.59 Å². The molecular formula is C16H17N3O2. The Morgan fingerprint density at radius 3 is 2.86 bits per heavy atom. The van der Waals surface area contributed by atoms with Crippen molar-refractivity contribution in [3.05, 3.63) is 30.1 Å². The molecule has 2 unspecified atom stereocenters. The van der Waals surface area contributed by atoms with E-state index < -0.39 is 0 Å². The molecule has 1 N–H and O–H groups in total. The van der Waals surface area contributed by atoms with Crippen molar-refractivity contribution in [2.45, 2.75) is 44.2 Å². The smallest absolute Gasteiger partial charge is 0.227 e. The lowest BCUT2D eigenvalue weighted by molar-refractivity contribution is -0.138. The number of fused-ring (bicyclic) bond motifs is 3. The van der Waals surface area contributed by atoms with Crippen LogP contribution in [-0.2, 0) is 16.0 Å². The third-order valence-electron chi connectivity index (χ3n) is 4.71. The average Bonchev–Trinajstić information content (AvgIpc) is 2.99. The molecule has 2 atom stereocenters. The predicted octanol–water partition coefficient (Wildman–Crippen LogP) is 1.83. The number of ketones is 1. The van der Waals surface area contributed by atoms with Crippen molar-refractivity contribution in [3.63, 3.8) is 0 Å². The molecule has 5 heteroatoms. The first-order valence-corrected chi connectivity index (χ1v) is 7.46. The Hall–Kier alpha value is -2.17. The Morgan fingerprint density at radius 1 is 1.33 bits per heavy atom. The van der Waals surface area contributed by atoms with Crippen LogP contribution in [0, 0.1) is 0 Å². The normalized spacial score (nSPS) is 24.8. The monoisotopic (exact) mass is 283 g/mol. The number of piperidine rings is 1. The predicted molar refractivity (Wildman–Crippen MR) is 77.7 cm³/mol. The summed E-state index contributed by atoms with van der Waals surface area (Å²) in [6, 6.07) is 4.13. The quantitative estimate of drug-likeness (QED) is 0.914. The Balaban J connectivity index is 1.58. The molecule has 2 saturated heterocycles. The van der Waals surface area contributed by atoms with Gasteiger partial charge in [-0.1, -0.05) is 0 Å². The first-order chi connectivity index (χ1) is 10.2. The van der Waals surface area contributed by atoms with Crippen molar-refractivity contribution < 1.29 is 9.59 Å². The molecule has 5 nitrogen and oxygen atoms in total. The van der Waals surface area contributed by atoms with Crippen LogP contribution in [0.15, 0.2) is 24.5 Å². The van der Waals surface area contributed by atoms with E-state index in [4.69, 9.17) is 0 Å². The highest BCUT2D eigenvalue weighted by atomic mass is 16.2. The van der Waals surface area contributed by atoms with Crippen LogP contribution in [0.2, 0.25) is 0 Å². The Kier molecular flexibility index (Phi) is 2.80. The van der Waals surface area contributed by atoms with E-state index in [1.54, 1.807) is 6.20 Å². The summed E-state index contributed by atoms with van der Waals surface area (Å²) in [6.07, 6.45) is 7.00. The molecule has 0 saturated carbocycles. The molecule has 2 aliphatic rings. The molecule has 0 spiro atoms. The highest BCUT2D eigenvalue weighted by molar-refractivity contribution is 5.89. The SMILES string of the molecule is O=C1CC2CCC(C1)N2C(=O)Cc1c[nH]c2ncccc12. The zero-order valence-corrected chi connectivity index (χ0v) is 11.7. The van der Waals surface area contributed by atoms with Crippen molar-refractivity contribution in [1.29, 1.82) is 0 Å². The molecule has 21 heavy (non-hydrogen) atoms. The summed E-state index contributed by atoms with van der Waals surface area (Å²) in [4.78, 5) is 33.6. The lowest BCUT2D eigenvalue weighted by Crippen LogP contribution is -2.47. The maximum Gasteiger partial charge on any atom is 0.227 e. The number of pyridine rings is 1. The van der Waals surface area contributed by atoms with Gasteiger partial charge in [0.1, 0.15) is 11.4 Å². The fraction of sp³-hybridized carbons (Fsp3) is 0.438. The largest absolute Gasteiger partial charge is 0.346 e. The van der Waals surface area contributed by atoms with Gasteiger partial charge in [-0.25, -0.2) is 4.98 Å². The molecule has 0 radical (unpaired) electrons. The minimum Gasteiger partial charge on any atom is -0.346 e. The molecule has 2 aromatic heterocycles. The lowest BCUT2D eigenvalue weighted by atomic mass is 10.00. The van der Waals surface area contributed by atoms with Crippen molar-refractivity contribution in [1.82, 2.24) is 14.9 Å². The van der Waals surface area contributed by atoms with Crippen molar-refractivity contribution in [3.8, 4) is 0 Å². The summed E-state index contributed by atoms with van der Waals surface area (Å²) in [5.74, 6) is 0.447. The van der Waals surface area contributed by atoms with Crippen molar-refractivity contribution in [2.75, 3.05) is 0 Å². The summed E-state index contributed by atoms with van der Waals surface area (Å²) < 4.78 is 0. The van der Waals surface area contributed by atoms with Crippen LogP contribution >= 0.6 is 0 Å². The third-order valence-corrected chi connectivity index (χ3v) is 4.71. The Labute approximate surface area is 122 Å². The topological polar surface area (TPSA) is 66.1 Å². The van der Waals surface area contributed by atoms with Gasteiger partial charge in [-0.2, -0.15) is 0 Å². The number of H-pyrrole nitrogens is 1. The summed E-state index contributed by atoms with van der Waals surface area (Å²) in [5, 5.41) is 1.01. The Morgan fingerprint density at radius 2 is 2.10 bits per heavy atom. The van der Waals surface area contributed by atoms with Gasteiger partial charge in [0.15, 0.2) is 0 Å². The van der Waals surface area contributed by atoms with Gasteiger partial charge in [-0.3, -0.25) is 9.59 Å². The first kappa shape index (κ1) is 12.6. The number of carbonyl (C=O) groups is 2. The average molecular weight is 283 g/mol. The molecule has 0 aliphatic carbocycles. The highest BCUT2D eigenvalue weighted by Gasteiger charge is 2.42. The second kappa shape index (κ2) is 4.69. The maximum absolute atomic E-state index is 12.7. The number of hydrogen-bond acceptors (Lipinski definition) is 3. The molecular weight excluding hydrogens is 266 g/mol. The molecule has 2 fully saturated rings. The van der Waals surface area contributed by atoms with E-state index in [0.29, 0.717) is 25.0 Å². The number of rotatable bonds is 2. The Bertz CT molecular complexity index is 705. The fourth-order valence-corrected chi connectivity index (χ4v) is 3.79. The van der Waals surface area contributed by atoms with Gasteiger partial charge in [0, 0.05) is 42.7 Å². The van der Waals surface area contributed by atoms with Crippen LogP contribution < -0.4 is 0 Å². The number of nitrogens with zero attached hydrogens (tertiary/aromatic N) is 2. The molecule has 0 aromatic carbocycles. The van der Waals surface area contributed by atoms with Gasteiger partial charge in [0.25, 0.3) is 0 Å². The second-order valence-electron chi connectivity index (χ2n) is 6.02. The maximum atomic E-state index is 12.7. The number of hydrogen-bond donors (Lipinski definition) is 1. The second-order valence-corrected chi connectivity index (χ2v) is 6.02. The van der Waals surface area contributed by atoms with Crippen LogP contribution in [0.4, 0.5) is 0 Å². The highest BCUT2D eigenvalue weighted by Crippen LogP contribution is 2.34. The zero-order valence-electron chi connectivity index (χ0n) is 11.7. The first-order valence-electron chi connectivity index (χ1n) is 7.46. The van der Waals surface area contributed by atoms with E-state index >= 15 is 0 Å². The summed E-state index contributed by atoms with van der Waals surface area (Å²) in [6.45, 7) is 0. The number of amides is 1. The fourth-order valence-electron chi connectivity index (χ4n) is 3.79. The third kappa shape index (κ3) is 2.04. The van der Waals surface area contributed by atoms with E-state index in [2.05, 4.69) is 9.97 Å². The molecule has 4 heterocycles. The standard InChI is InChI=1S/C16H17N3O2/c20-13-7-11-3-4-12(8-13)19(11)15(21)6-10-9-18-16-14(10)2-1-5-17-16/h1-2,5,9,11-12H,3-4,6-8H2,(H,17,18). The summed E-state index contributed by atoms with van der Waals surface area (Å²) in [5.41, 5.74) is 1.80. The minimum atomic E-state index is 0.132. The van der Waals surface area contributed by atoms with Gasteiger partial charge < -0.3 is 9.88 Å². The van der Waals surface area contributed by atoms with Gasteiger partial charge in [-0.15, -0.1) is 0 Å². The number of aromatic amines is 1. The lowest BCUT2D eigenvalue weighted by Gasteiger charge is -2.34. The van der Waals surface area contributed by atoms with Gasteiger partial charge in [0.05, 0.1) is 6.42 Å². The summed E-state index contributed by atoms with van der Waals surface area (Å²) >= 11 is 0. The molecule has 1 amide bonds. The van der Waals surface area contributed by atoms with E-state index in [1.165, 1.54) is 0 Å². The van der Waals surface area contributed by atoms with Crippen LogP contribution in [0.1, 0.15) is 31.2 Å². The van der Waals surface area contributed by atoms with Crippen molar-refractivity contribution >= 4 is 22.7 Å².